The van der Waals surface area contributed by atoms with Gasteiger partial charge >= 0.3 is 5.97 Å². The minimum Gasteiger partial charge on any atom is -0.481 e. The van der Waals surface area contributed by atoms with Gasteiger partial charge in [0.15, 0.2) is 0 Å². The Bertz CT molecular complexity index is 706. The summed E-state index contributed by atoms with van der Waals surface area (Å²) in [7, 11) is 0. The number of carboxylic acid groups (broad SMARTS) is 1. The number of carboxylic acids is 1. The Hall–Kier alpha value is -1.81. The number of aromatic nitrogens is 1. The summed E-state index contributed by atoms with van der Waals surface area (Å²) in [5.41, 5.74) is 3.90. The highest BCUT2D eigenvalue weighted by atomic mass is 16.4. The lowest BCUT2D eigenvalue weighted by atomic mass is 9.72. The molecule has 1 aliphatic heterocycles. The number of piperidine rings is 1. The first kappa shape index (κ1) is 12.9. The van der Waals surface area contributed by atoms with Gasteiger partial charge in [-0.05, 0) is 36.6 Å². The van der Waals surface area contributed by atoms with Crippen LogP contribution in [0, 0.1) is 5.92 Å². The van der Waals surface area contributed by atoms with E-state index in [1.807, 2.05) is 0 Å². The highest BCUT2D eigenvalue weighted by molar-refractivity contribution is 5.88. The van der Waals surface area contributed by atoms with Crippen molar-refractivity contribution in [3.05, 3.63) is 35.5 Å². The van der Waals surface area contributed by atoms with Crippen LogP contribution in [0.25, 0.3) is 10.9 Å². The van der Waals surface area contributed by atoms with Crippen molar-refractivity contribution in [2.75, 3.05) is 13.1 Å². The SMILES string of the molecule is CCN1C[C@H](C(=O)O)CC2c3cccc4[nH]cc(c34)C[C@H]21. The average molecular weight is 284 g/mol. The van der Waals surface area contributed by atoms with Gasteiger partial charge < -0.3 is 10.1 Å². The second-order valence-corrected chi connectivity index (χ2v) is 6.32. The summed E-state index contributed by atoms with van der Waals surface area (Å²) in [6.07, 6.45) is 3.92. The zero-order valence-electron chi connectivity index (χ0n) is 12.2. The molecule has 1 aromatic heterocycles. The summed E-state index contributed by atoms with van der Waals surface area (Å²) in [5.74, 6) is -0.562. The van der Waals surface area contributed by atoms with E-state index in [4.69, 9.17) is 0 Å². The highest BCUT2D eigenvalue weighted by Gasteiger charge is 2.42. The van der Waals surface area contributed by atoms with Crippen molar-refractivity contribution in [2.45, 2.75) is 31.7 Å². The molecule has 2 N–H and O–H groups in total. The molecule has 0 saturated carbocycles. The van der Waals surface area contributed by atoms with E-state index in [9.17, 15) is 9.90 Å². The van der Waals surface area contributed by atoms with Gasteiger partial charge in [-0.2, -0.15) is 0 Å². The standard InChI is InChI=1S/C17H20N2O2/c1-2-19-9-11(17(20)21)6-13-12-4-3-5-14-16(12)10(8-18-14)7-15(13)19/h3-5,8,11,13,15,18H,2,6-7,9H2,1H3,(H,20,21)/t11-,13?,15-/m1/s1. The Morgan fingerprint density at radius 2 is 2.33 bits per heavy atom. The first-order chi connectivity index (χ1) is 10.2. The largest absolute Gasteiger partial charge is 0.481 e. The zero-order chi connectivity index (χ0) is 14.6. The summed E-state index contributed by atoms with van der Waals surface area (Å²) in [5, 5.41) is 10.8. The number of likely N-dealkylation sites (tertiary alicyclic amines) is 1. The summed E-state index contributed by atoms with van der Waals surface area (Å²) in [4.78, 5) is 17.2. The number of benzene rings is 1. The fourth-order valence-corrected chi connectivity index (χ4v) is 4.34. The monoisotopic (exact) mass is 284 g/mol. The molecule has 0 spiro atoms. The summed E-state index contributed by atoms with van der Waals surface area (Å²) in [6.45, 7) is 3.73. The van der Waals surface area contributed by atoms with E-state index in [1.165, 1.54) is 22.0 Å². The fourth-order valence-electron chi connectivity index (χ4n) is 4.34. The highest BCUT2D eigenvalue weighted by Crippen LogP contribution is 2.44. The van der Waals surface area contributed by atoms with Gasteiger partial charge in [0.1, 0.15) is 0 Å². The number of carbonyl (C=O) groups is 1. The Labute approximate surface area is 123 Å². The third kappa shape index (κ3) is 1.82. The Balaban J connectivity index is 1.83. The number of hydrogen-bond acceptors (Lipinski definition) is 2. The van der Waals surface area contributed by atoms with Gasteiger partial charge in [0.2, 0.25) is 0 Å². The van der Waals surface area contributed by atoms with Crippen LogP contribution in [0.5, 0.6) is 0 Å². The molecule has 4 nitrogen and oxygen atoms in total. The van der Waals surface area contributed by atoms with Crippen LogP contribution in [0.3, 0.4) is 0 Å². The molecular weight excluding hydrogens is 264 g/mol. The number of nitrogens with zero attached hydrogens (tertiary/aromatic N) is 1. The normalized spacial score (nSPS) is 28.5. The third-order valence-electron chi connectivity index (χ3n) is 5.33. The van der Waals surface area contributed by atoms with Gasteiger partial charge in [-0.25, -0.2) is 0 Å². The quantitative estimate of drug-likeness (QED) is 0.891. The van der Waals surface area contributed by atoms with E-state index in [2.05, 4.69) is 41.2 Å². The number of hydrogen-bond donors (Lipinski definition) is 2. The molecule has 0 bridgehead atoms. The number of H-pyrrole nitrogens is 1. The van der Waals surface area contributed by atoms with Crippen molar-refractivity contribution in [1.29, 1.82) is 0 Å². The maximum atomic E-state index is 11.5. The molecule has 21 heavy (non-hydrogen) atoms. The molecule has 3 atom stereocenters. The average Bonchev–Trinajstić information content (AvgIpc) is 2.91. The summed E-state index contributed by atoms with van der Waals surface area (Å²) < 4.78 is 0. The molecule has 2 heterocycles. The van der Waals surface area contributed by atoms with E-state index < -0.39 is 5.97 Å². The van der Waals surface area contributed by atoms with Crippen molar-refractivity contribution < 1.29 is 9.90 Å². The van der Waals surface area contributed by atoms with Crippen molar-refractivity contribution in [1.82, 2.24) is 9.88 Å². The van der Waals surface area contributed by atoms with Crippen LogP contribution >= 0.6 is 0 Å². The fraction of sp³-hybridized carbons (Fsp3) is 0.471. The Morgan fingerprint density at radius 3 is 3.10 bits per heavy atom. The van der Waals surface area contributed by atoms with E-state index in [1.54, 1.807) is 0 Å². The molecule has 1 unspecified atom stereocenters. The van der Waals surface area contributed by atoms with Crippen LogP contribution in [0.2, 0.25) is 0 Å². The summed E-state index contributed by atoms with van der Waals surface area (Å²) >= 11 is 0. The number of nitrogens with one attached hydrogen (secondary N) is 1. The lowest BCUT2D eigenvalue weighted by Gasteiger charge is -2.45. The van der Waals surface area contributed by atoms with Crippen LogP contribution in [0.1, 0.15) is 30.4 Å². The molecule has 110 valence electrons. The van der Waals surface area contributed by atoms with Gasteiger partial charge in [-0.3, -0.25) is 9.69 Å². The molecule has 1 saturated heterocycles. The maximum Gasteiger partial charge on any atom is 0.307 e. The van der Waals surface area contributed by atoms with Crippen molar-refractivity contribution in [3.63, 3.8) is 0 Å². The van der Waals surface area contributed by atoms with Crippen molar-refractivity contribution >= 4 is 16.9 Å². The summed E-state index contributed by atoms with van der Waals surface area (Å²) in [6, 6.07) is 6.83. The molecule has 0 amide bonds. The second kappa shape index (κ2) is 4.60. The van der Waals surface area contributed by atoms with Gasteiger partial charge in [0.25, 0.3) is 0 Å². The van der Waals surface area contributed by atoms with Crippen molar-refractivity contribution in [3.8, 4) is 0 Å². The minimum absolute atomic E-state index is 0.248. The molecular formula is C17H20N2O2. The van der Waals surface area contributed by atoms with Crippen LogP contribution < -0.4 is 0 Å². The van der Waals surface area contributed by atoms with E-state index >= 15 is 0 Å². The topological polar surface area (TPSA) is 56.3 Å². The van der Waals surface area contributed by atoms with Gasteiger partial charge in [0, 0.05) is 35.6 Å². The molecule has 0 radical (unpaired) electrons. The third-order valence-corrected chi connectivity index (χ3v) is 5.33. The van der Waals surface area contributed by atoms with Gasteiger partial charge in [-0.1, -0.05) is 19.1 Å². The second-order valence-electron chi connectivity index (χ2n) is 6.32. The van der Waals surface area contributed by atoms with E-state index in [0.29, 0.717) is 18.5 Å². The molecule has 2 aliphatic rings. The molecule has 1 aliphatic carbocycles. The zero-order valence-corrected chi connectivity index (χ0v) is 12.2. The molecule has 2 aromatic rings. The van der Waals surface area contributed by atoms with E-state index in [-0.39, 0.29) is 5.92 Å². The Kier molecular flexibility index (Phi) is 2.82. The first-order valence-corrected chi connectivity index (χ1v) is 7.74. The number of rotatable bonds is 2. The Morgan fingerprint density at radius 1 is 1.48 bits per heavy atom. The predicted molar refractivity (Wildman–Crippen MR) is 81.5 cm³/mol. The number of aliphatic carboxylic acids is 1. The smallest absolute Gasteiger partial charge is 0.307 e. The lowest BCUT2D eigenvalue weighted by Crippen LogP contribution is -2.51. The van der Waals surface area contributed by atoms with Crippen LogP contribution in [-0.4, -0.2) is 40.1 Å². The van der Waals surface area contributed by atoms with E-state index in [0.717, 1.165) is 19.4 Å². The van der Waals surface area contributed by atoms with Gasteiger partial charge in [0.05, 0.1) is 5.92 Å². The van der Waals surface area contributed by atoms with Crippen LogP contribution in [-0.2, 0) is 11.2 Å². The van der Waals surface area contributed by atoms with Crippen LogP contribution in [0.15, 0.2) is 24.4 Å². The predicted octanol–water partition coefficient (Wildman–Crippen LogP) is 2.60. The minimum atomic E-state index is -0.654. The molecule has 4 heteroatoms. The molecule has 1 aromatic carbocycles. The van der Waals surface area contributed by atoms with Crippen molar-refractivity contribution in [2.24, 2.45) is 5.92 Å². The molecule has 1 fully saturated rings. The molecule has 4 rings (SSSR count). The first-order valence-electron chi connectivity index (χ1n) is 7.74. The lowest BCUT2D eigenvalue weighted by molar-refractivity contribution is -0.144. The number of aromatic amines is 1. The number of likely N-dealkylation sites (N-methyl/N-ethyl adjacent to an activating group) is 1. The maximum absolute atomic E-state index is 11.5. The van der Waals surface area contributed by atoms with Gasteiger partial charge in [-0.15, -0.1) is 0 Å². The van der Waals surface area contributed by atoms with Crippen LogP contribution in [0.4, 0.5) is 0 Å². The number of fused-ring (bicyclic) bond motifs is 2.